The Labute approximate surface area is 155 Å². The van der Waals surface area contributed by atoms with Crippen LogP contribution in [-0.4, -0.2) is 16.2 Å². The van der Waals surface area contributed by atoms with Crippen molar-refractivity contribution in [1.82, 2.24) is 9.55 Å². The molecule has 0 saturated carbocycles. The van der Waals surface area contributed by atoms with Crippen molar-refractivity contribution in [2.45, 2.75) is 25.5 Å². The molecule has 0 radical (unpaired) electrons. The average Bonchev–Trinajstić information content (AvgIpc) is 3.06. The third-order valence-corrected chi connectivity index (χ3v) is 5.09. The molecule has 0 N–H and O–H groups in total. The van der Waals surface area contributed by atoms with Gasteiger partial charge < -0.3 is 9.30 Å². The number of rotatable bonds is 2. The zero-order chi connectivity index (χ0) is 17.4. The van der Waals surface area contributed by atoms with Crippen LogP contribution >= 0.6 is 23.2 Å². The molecule has 1 atom stereocenters. The van der Waals surface area contributed by atoms with Gasteiger partial charge in [-0.05, 0) is 37.5 Å². The maximum Gasteiger partial charge on any atom is 0.135 e. The van der Waals surface area contributed by atoms with Crippen LogP contribution in [0.5, 0.6) is 0 Å². The van der Waals surface area contributed by atoms with Crippen molar-refractivity contribution in [2.75, 3.05) is 6.61 Å². The molecule has 4 nitrogen and oxygen atoms in total. The zero-order valence-electron chi connectivity index (χ0n) is 13.4. The molecule has 2 heterocycles. The molecular formula is C19H15Cl2N3O. The second-order valence-electron chi connectivity index (χ2n) is 6.06. The number of halogens is 2. The molecule has 0 spiro atoms. The Hall–Kier alpha value is -2.06. The van der Waals surface area contributed by atoms with Gasteiger partial charge in [0.05, 0.1) is 17.4 Å². The average molecular weight is 372 g/mol. The van der Waals surface area contributed by atoms with Crippen LogP contribution in [0, 0.1) is 11.3 Å². The number of fused-ring (bicyclic) bond motifs is 1. The van der Waals surface area contributed by atoms with Gasteiger partial charge in [-0.25, -0.2) is 4.98 Å². The first-order valence-electron chi connectivity index (χ1n) is 8.15. The lowest BCUT2D eigenvalue weighted by Gasteiger charge is -2.24. The summed E-state index contributed by atoms with van der Waals surface area (Å²) >= 11 is 12.3. The van der Waals surface area contributed by atoms with Crippen molar-refractivity contribution in [3.05, 3.63) is 52.3 Å². The van der Waals surface area contributed by atoms with Gasteiger partial charge in [0.15, 0.2) is 0 Å². The summed E-state index contributed by atoms with van der Waals surface area (Å²) in [5.74, 6) is 0. The summed E-state index contributed by atoms with van der Waals surface area (Å²) in [6, 6.07) is 11.4. The van der Waals surface area contributed by atoms with Crippen LogP contribution in [0.25, 0.3) is 22.2 Å². The largest absolute Gasteiger partial charge is 0.358 e. The Morgan fingerprint density at radius 1 is 1.16 bits per heavy atom. The number of nitrogens with zero attached hydrogens (tertiary/aromatic N) is 3. The van der Waals surface area contributed by atoms with Gasteiger partial charge in [-0.3, -0.25) is 0 Å². The smallest absolute Gasteiger partial charge is 0.135 e. The first-order valence-corrected chi connectivity index (χ1v) is 8.91. The summed E-state index contributed by atoms with van der Waals surface area (Å²) < 4.78 is 7.87. The van der Waals surface area contributed by atoms with Crippen molar-refractivity contribution >= 4 is 34.2 Å². The van der Waals surface area contributed by atoms with Crippen molar-refractivity contribution < 1.29 is 4.74 Å². The van der Waals surface area contributed by atoms with Gasteiger partial charge >= 0.3 is 0 Å². The molecule has 1 fully saturated rings. The predicted molar refractivity (Wildman–Crippen MR) is 98.7 cm³/mol. The molecule has 1 unspecified atom stereocenters. The van der Waals surface area contributed by atoms with Crippen molar-refractivity contribution in [3.63, 3.8) is 0 Å². The fourth-order valence-corrected chi connectivity index (χ4v) is 3.83. The number of aromatic nitrogens is 2. The second-order valence-corrected chi connectivity index (χ2v) is 6.91. The van der Waals surface area contributed by atoms with E-state index in [0.29, 0.717) is 21.1 Å². The van der Waals surface area contributed by atoms with E-state index in [1.165, 1.54) is 0 Å². The first kappa shape index (κ1) is 16.4. The molecule has 3 aromatic rings. The van der Waals surface area contributed by atoms with Crippen LogP contribution in [0.2, 0.25) is 10.0 Å². The fourth-order valence-electron chi connectivity index (χ4n) is 3.32. The van der Waals surface area contributed by atoms with Crippen molar-refractivity contribution in [1.29, 1.82) is 5.26 Å². The van der Waals surface area contributed by atoms with E-state index in [1.54, 1.807) is 18.5 Å². The highest BCUT2D eigenvalue weighted by Gasteiger charge is 2.21. The third-order valence-electron chi connectivity index (χ3n) is 4.55. The number of hydrogen-bond donors (Lipinski definition) is 0. The summed E-state index contributed by atoms with van der Waals surface area (Å²) in [5, 5.41) is 10.8. The molecule has 1 aromatic heterocycles. The Kier molecular flexibility index (Phi) is 4.39. The van der Waals surface area contributed by atoms with Gasteiger partial charge in [0, 0.05) is 27.8 Å². The summed E-state index contributed by atoms with van der Waals surface area (Å²) in [5.41, 5.74) is 3.60. The molecule has 6 heteroatoms. The highest BCUT2D eigenvalue weighted by Crippen LogP contribution is 2.36. The van der Waals surface area contributed by atoms with E-state index in [9.17, 15) is 5.26 Å². The lowest BCUT2D eigenvalue weighted by Crippen LogP contribution is -2.17. The third kappa shape index (κ3) is 2.89. The summed E-state index contributed by atoms with van der Waals surface area (Å²) in [7, 11) is 0. The SMILES string of the molecule is N#Cc1c(-c2ccc(Cl)cc2Cl)ccc2c1ncn2C1CCCCO1. The highest BCUT2D eigenvalue weighted by atomic mass is 35.5. The molecule has 2 aromatic carbocycles. The van der Waals surface area contributed by atoms with Gasteiger partial charge in [0.1, 0.15) is 17.8 Å². The highest BCUT2D eigenvalue weighted by molar-refractivity contribution is 6.36. The van der Waals surface area contributed by atoms with Gasteiger partial charge in [-0.2, -0.15) is 5.26 Å². The predicted octanol–water partition coefficient (Wildman–Crippen LogP) is 5.58. The number of imidazole rings is 1. The normalized spacial score (nSPS) is 17.6. The minimum absolute atomic E-state index is 0.0183. The molecule has 1 saturated heterocycles. The molecule has 126 valence electrons. The molecular weight excluding hydrogens is 357 g/mol. The molecule has 25 heavy (non-hydrogen) atoms. The van der Waals surface area contributed by atoms with Crippen molar-refractivity contribution in [2.24, 2.45) is 0 Å². The van der Waals surface area contributed by atoms with E-state index < -0.39 is 0 Å². The molecule has 1 aliphatic rings. The standard InChI is InChI=1S/C19H15Cl2N3O/c20-12-4-5-14(16(21)9-12)13-6-7-17-19(15(13)10-22)23-11-24(17)18-3-1-2-8-25-18/h4-7,9,11,18H,1-3,8H2. The fraction of sp³-hybridized carbons (Fsp3) is 0.263. The summed E-state index contributed by atoms with van der Waals surface area (Å²) in [6.07, 6.45) is 4.92. The maximum absolute atomic E-state index is 9.74. The van der Waals surface area contributed by atoms with Crippen molar-refractivity contribution in [3.8, 4) is 17.2 Å². The van der Waals surface area contributed by atoms with Gasteiger partial charge in [-0.15, -0.1) is 0 Å². The summed E-state index contributed by atoms with van der Waals surface area (Å²) in [4.78, 5) is 4.49. The quantitative estimate of drug-likeness (QED) is 0.590. The molecule has 0 bridgehead atoms. The van der Waals surface area contributed by atoms with Crippen LogP contribution < -0.4 is 0 Å². The zero-order valence-corrected chi connectivity index (χ0v) is 14.9. The first-order chi connectivity index (χ1) is 12.2. The minimum Gasteiger partial charge on any atom is -0.358 e. The molecule has 0 amide bonds. The van der Waals surface area contributed by atoms with Gasteiger partial charge in [0.2, 0.25) is 0 Å². The number of nitriles is 1. The van der Waals surface area contributed by atoms with E-state index in [2.05, 4.69) is 11.1 Å². The summed E-state index contributed by atoms with van der Waals surface area (Å²) in [6.45, 7) is 0.758. The number of hydrogen-bond acceptors (Lipinski definition) is 3. The Balaban J connectivity index is 1.87. The monoisotopic (exact) mass is 371 g/mol. The van der Waals surface area contributed by atoms with Crippen LogP contribution in [0.15, 0.2) is 36.7 Å². The lowest BCUT2D eigenvalue weighted by atomic mass is 9.99. The molecule has 0 aliphatic carbocycles. The van der Waals surface area contributed by atoms with E-state index in [-0.39, 0.29) is 6.23 Å². The Bertz CT molecular complexity index is 984. The van der Waals surface area contributed by atoms with E-state index in [4.69, 9.17) is 27.9 Å². The second kappa shape index (κ2) is 6.68. The molecule has 4 rings (SSSR count). The van der Waals surface area contributed by atoms with Gasteiger partial charge in [0.25, 0.3) is 0 Å². The Morgan fingerprint density at radius 2 is 2.00 bits per heavy atom. The van der Waals surface area contributed by atoms with E-state index in [1.807, 2.05) is 22.8 Å². The topological polar surface area (TPSA) is 50.8 Å². The van der Waals surface area contributed by atoms with E-state index >= 15 is 0 Å². The van der Waals surface area contributed by atoms with Crippen LogP contribution in [0.1, 0.15) is 31.1 Å². The lowest BCUT2D eigenvalue weighted by molar-refractivity contribution is -0.0295. The minimum atomic E-state index is -0.0183. The maximum atomic E-state index is 9.74. The number of benzene rings is 2. The van der Waals surface area contributed by atoms with Crippen LogP contribution in [0.3, 0.4) is 0 Å². The Morgan fingerprint density at radius 3 is 2.72 bits per heavy atom. The van der Waals surface area contributed by atoms with Crippen LogP contribution in [-0.2, 0) is 4.74 Å². The molecule has 1 aliphatic heterocycles. The van der Waals surface area contributed by atoms with E-state index in [0.717, 1.165) is 42.5 Å². The van der Waals surface area contributed by atoms with Crippen LogP contribution in [0.4, 0.5) is 0 Å². The number of ether oxygens (including phenoxy) is 1. The van der Waals surface area contributed by atoms with Gasteiger partial charge in [-0.1, -0.05) is 35.3 Å².